The monoisotopic (exact) mass is 381 g/mol. The molecule has 1 unspecified atom stereocenters. The molecule has 1 aliphatic rings. The smallest absolute Gasteiger partial charge is 0.263 e. The van der Waals surface area contributed by atoms with Crippen molar-refractivity contribution in [3.05, 3.63) is 57.0 Å². The van der Waals surface area contributed by atoms with Crippen molar-refractivity contribution in [2.24, 2.45) is 0 Å². The van der Waals surface area contributed by atoms with Crippen molar-refractivity contribution < 1.29 is 9.59 Å². The minimum absolute atomic E-state index is 0.143. The van der Waals surface area contributed by atoms with Gasteiger partial charge in [-0.05, 0) is 56.0 Å². The van der Waals surface area contributed by atoms with E-state index in [2.05, 4.69) is 10.3 Å². The van der Waals surface area contributed by atoms with Crippen LogP contribution in [-0.2, 0) is 17.6 Å². The van der Waals surface area contributed by atoms with Gasteiger partial charge in [0.05, 0.1) is 17.8 Å². The molecule has 0 spiro atoms. The fraction of sp³-hybridized carbons (Fsp3) is 0.300. The Balaban J connectivity index is 1.67. The molecule has 0 bridgehead atoms. The van der Waals surface area contributed by atoms with E-state index < -0.39 is 6.04 Å². The molecule has 0 saturated heterocycles. The number of nitrogens with zero attached hydrogens (tertiary/aromatic N) is 2. The lowest BCUT2D eigenvalue weighted by Crippen LogP contribution is -2.28. The summed E-state index contributed by atoms with van der Waals surface area (Å²) in [6.45, 7) is 3.14. The van der Waals surface area contributed by atoms with Gasteiger partial charge in [-0.25, -0.2) is 4.98 Å². The molecule has 0 radical (unpaired) electrons. The van der Waals surface area contributed by atoms with E-state index >= 15 is 0 Å². The maximum atomic E-state index is 13.0. The van der Waals surface area contributed by atoms with Crippen molar-refractivity contribution >= 4 is 38.9 Å². The second kappa shape index (κ2) is 6.74. The molecular weight excluding hydrogens is 362 g/mol. The molecule has 1 aliphatic carbocycles. The van der Waals surface area contributed by atoms with Gasteiger partial charge in [-0.2, -0.15) is 0 Å². The number of fused-ring (bicyclic) bond motifs is 3. The Morgan fingerprint density at radius 1 is 1.22 bits per heavy atom. The normalized spacial score (nSPS) is 14.1. The number of thiophene rings is 1. The van der Waals surface area contributed by atoms with Crippen LogP contribution in [0.2, 0.25) is 0 Å². The fourth-order valence-electron chi connectivity index (χ4n) is 3.56. The van der Waals surface area contributed by atoms with Crippen molar-refractivity contribution in [3.63, 3.8) is 0 Å². The van der Waals surface area contributed by atoms with Gasteiger partial charge >= 0.3 is 0 Å². The molecule has 1 atom stereocenters. The molecule has 0 saturated carbocycles. The van der Waals surface area contributed by atoms with Gasteiger partial charge in [-0.1, -0.05) is 0 Å². The molecule has 1 amide bonds. The zero-order valence-corrected chi connectivity index (χ0v) is 15.9. The number of rotatable bonds is 4. The number of hydrogen-bond donors (Lipinski definition) is 1. The summed E-state index contributed by atoms with van der Waals surface area (Å²) in [5.74, 6) is -0.337. The Bertz CT molecular complexity index is 1110. The number of carbonyl (C=O) groups excluding carboxylic acids is 2. The Labute approximate surface area is 159 Å². The van der Waals surface area contributed by atoms with Crippen LogP contribution in [-0.4, -0.2) is 21.2 Å². The highest BCUT2D eigenvalue weighted by Gasteiger charge is 2.24. The van der Waals surface area contributed by atoms with Gasteiger partial charge in [-0.3, -0.25) is 19.0 Å². The molecule has 138 valence electrons. The molecule has 1 N–H and O–H groups in total. The Hall–Kier alpha value is -2.80. The summed E-state index contributed by atoms with van der Waals surface area (Å²) in [4.78, 5) is 43.4. The van der Waals surface area contributed by atoms with Crippen LogP contribution in [0.3, 0.4) is 0 Å². The fourth-order valence-corrected chi connectivity index (χ4v) is 4.78. The lowest BCUT2D eigenvalue weighted by Gasteiger charge is -2.14. The van der Waals surface area contributed by atoms with Gasteiger partial charge in [-0.15, -0.1) is 11.3 Å². The number of Topliss-reactive ketones (excluding diaryl/α,β-unsaturated/α-hetero) is 1. The zero-order valence-electron chi connectivity index (χ0n) is 15.1. The third-order valence-electron chi connectivity index (χ3n) is 4.94. The summed E-state index contributed by atoms with van der Waals surface area (Å²) < 4.78 is 1.43. The standard InChI is InChI=1S/C20H19N3O3S/c1-11(18(25)13-6-8-14(9-7-13)22-12(2)24)23-10-21-19-17(20(23)26)15-4-3-5-16(15)27-19/h6-11H,3-5H2,1-2H3,(H,22,24). The maximum Gasteiger partial charge on any atom is 0.263 e. The van der Waals surface area contributed by atoms with Crippen molar-refractivity contribution in [2.75, 3.05) is 5.32 Å². The molecule has 27 heavy (non-hydrogen) atoms. The zero-order chi connectivity index (χ0) is 19.1. The summed E-state index contributed by atoms with van der Waals surface area (Å²) in [5, 5.41) is 3.34. The summed E-state index contributed by atoms with van der Waals surface area (Å²) in [6.07, 6.45) is 4.46. The quantitative estimate of drug-likeness (QED) is 0.703. The van der Waals surface area contributed by atoms with E-state index in [1.165, 1.54) is 22.7 Å². The van der Waals surface area contributed by atoms with E-state index in [1.807, 2.05) is 0 Å². The number of anilines is 1. The first-order valence-corrected chi connectivity index (χ1v) is 9.70. The highest BCUT2D eigenvalue weighted by molar-refractivity contribution is 7.18. The first kappa shape index (κ1) is 17.6. The van der Waals surface area contributed by atoms with E-state index in [1.54, 1.807) is 42.5 Å². The van der Waals surface area contributed by atoms with Crippen molar-refractivity contribution in [3.8, 4) is 0 Å². The van der Waals surface area contributed by atoms with E-state index in [0.717, 1.165) is 29.7 Å². The lowest BCUT2D eigenvalue weighted by atomic mass is 10.0. The topological polar surface area (TPSA) is 81.1 Å². The molecule has 7 heteroatoms. The second-order valence-corrected chi connectivity index (χ2v) is 7.88. The molecule has 1 aromatic carbocycles. The molecule has 0 fully saturated rings. The van der Waals surface area contributed by atoms with Crippen LogP contribution in [0.5, 0.6) is 0 Å². The number of aryl methyl sites for hydroxylation is 2. The first-order valence-electron chi connectivity index (χ1n) is 8.89. The predicted molar refractivity (Wildman–Crippen MR) is 106 cm³/mol. The van der Waals surface area contributed by atoms with E-state index in [0.29, 0.717) is 16.6 Å². The Morgan fingerprint density at radius 3 is 2.67 bits per heavy atom. The molecular formula is C20H19N3O3S. The van der Waals surface area contributed by atoms with Gasteiger partial charge in [0, 0.05) is 23.1 Å². The first-order chi connectivity index (χ1) is 13.0. The van der Waals surface area contributed by atoms with Gasteiger partial charge in [0.2, 0.25) is 5.91 Å². The molecule has 2 aromatic heterocycles. The average Bonchev–Trinajstić information content (AvgIpc) is 3.22. The van der Waals surface area contributed by atoms with Crippen molar-refractivity contribution in [1.29, 1.82) is 0 Å². The average molecular weight is 381 g/mol. The number of nitrogens with one attached hydrogen (secondary N) is 1. The van der Waals surface area contributed by atoms with Crippen LogP contribution in [0.15, 0.2) is 35.4 Å². The molecule has 4 rings (SSSR count). The number of amides is 1. The number of carbonyl (C=O) groups is 2. The van der Waals surface area contributed by atoms with Gasteiger partial charge in [0.25, 0.3) is 5.56 Å². The van der Waals surface area contributed by atoms with Crippen molar-refractivity contribution in [2.45, 2.75) is 39.2 Å². The minimum Gasteiger partial charge on any atom is -0.326 e. The predicted octanol–water partition coefficient (Wildman–Crippen LogP) is 3.35. The Morgan fingerprint density at radius 2 is 1.96 bits per heavy atom. The summed E-state index contributed by atoms with van der Waals surface area (Å²) >= 11 is 1.59. The third kappa shape index (κ3) is 3.08. The van der Waals surface area contributed by atoms with E-state index in [-0.39, 0.29) is 17.2 Å². The van der Waals surface area contributed by atoms with Gasteiger partial charge in [0.15, 0.2) is 5.78 Å². The van der Waals surface area contributed by atoms with Crippen LogP contribution < -0.4 is 10.9 Å². The summed E-state index contributed by atoms with van der Waals surface area (Å²) in [6, 6.07) is 6.01. The van der Waals surface area contributed by atoms with Crippen molar-refractivity contribution in [1.82, 2.24) is 9.55 Å². The number of ketones is 1. The van der Waals surface area contributed by atoms with Gasteiger partial charge < -0.3 is 5.32 Å². The number of benzene rings is 1. The van der Waals surface area contributed by atoms with E-state index in [4.69, 9.17) is 0 Å². The van der Waals surface area contributed by atoms with E-state index in [9.17, 15) is 14.4 Å². The van der Waals surface area contributed by atoms with Crippen LogP contribution in [0, 0.1) is 0 Å². The maximum absolute atomic E-state index is 13.0. The Kier molecular flexibility index (Phi) is 4.39. The largest absolute Gasteiger partial charge is 0.326 e. The van der Waals surface area contributed by atoms with Gasteiger partial charge in [0.1, 0.15) is 4.83 Å². The van der Waals surface area contributed by atoms with Crippen LogP contribution in [0.1, 0.15) is 47.1 Å². The number of hydrogen-bond acceptors (Lipinski definition) is 5. The summed E-state index contributed by atoms with van der Waals surface area (Å²) in [7, 11) is 0. The molecule has 2 heterocycles. The molecule has 6 nitrogen and oxygen atoms in total. The van der Waals surface area contributed by atoms with Crippen LogP contribution >= 0.6 is 11.3 Å². The van der Waals surface area contributed by atoms with Crippen LogP contribution in [0.25, 0.3) is 10.2 Å². The lowest BCUT2D eigenvalue weighted by molar-refractivity contribution is -0.114. The third-order valence-corrected chi connectivity index (χ3v) is 6.14. The summed E-state index contributed by atoms with van der Waals surface area (Å²) in [5.41, 5.74) is 2.08. The van der Waals surface area contributed by atoms with Crippen LogP contribution in [0.4, 0.5) is 5.69 Å². The molecule has 3 aromatic rings. The highest BCUT2D eigenvalue weighted by atomic mass is 32.1. The minimum atomic E-state index is -0.655. The number of aromatic nitrogens is 2. The SMILES string of the molecule is CC(=O)Nc1ccc(C(=O)C(C)n2cnc3sc4c(c3c2=O)CCC4)cc1. The molecule has 0 aliphatic heterocycles. The second-order valence-electron chi connectivity index (χ2n) is 6.79. The highest BCUT2D eigenvalue weighted by Crippen LogP contribution is 2.34.